The zero-order valence-corrected chi connectivity index (χ0v) is 28.4. The third kappa shape index (κ3) is 6.90. The van der Waals surface area contributed by atoms with E-state index in [4.69, 9.17) is 0 Å². The molecule has 4 aromatic rings. The SMILES string of the molecule is C1=CC[C]([Zr]([c]2cccc3c2Cc2ccccc2-3)[CH](c2ccccc2)c2ccccc2)=C1.Cl.Cl.Cl.Cl.[Zr]. The second-order valence-corrected chi connectivity index (χ2v) is 15.0. The fraction of sp³-hybridized carbons (Fsp3) is 0.0968. The molecule has 0 amide bonds. The molecule has 37 heavy (non-hydrogen) atoms. The Bertz CT molecular complexity index is 1300. The molecule has 0 saturated carbocycles. The summed E-state index contributed by atoms with van der Waals surface area (Å²) in [5.41, 5.74) is 8.90. The molecule has 0 nitrogen and oxygen atoms in total. The maximum atomic E-state index is 2.47. The third-order valence-corrected chi connectivity index (χ3v) is 15.1. The van der Waals surface area contributed by atoms with Crippen molar-refractivity contribution < 1.29 is 48.0 Å². The zero-order valence-electron chi connectivity index (χ0n) is 20.2. The maximum Gasteiger partial charge on any atom is 0 e. The van der Waals surface area contributed by atoms with E-state index in [0.717, 1.165) is 12.8 Å². The number of rotatable bonds is 5. The Morgan fingerprint density at radius 3 is 1.76 bits per heavy atom. The first-order valence-corrected chi connectivity index (χ1v) is 15.3. The van der Waals surface area contributed by atoms with E-state index in [2.05, 4.69) is 121 Å². The molecule has 4 aromatic carbocycles. The summed E-state index contributed by atoms with van der Waals surface area (Å²) in [4.78, 5) is 0. The van der Waals surface area contributed by atoms with Crippen molar-refractivity contribution in [2.45, 2.75) is 16.5 Å². The molecule has 0 aromatic heterocycles. The van der Waals surface area contributed by atoms with Crippen molar-refractivity contribution in [3.05, 3.63) is 147 Å². The minimum absolute atomic E-state index is 0. The van der Waals surface area contributed by atoms with Crippen molar-refractivity contribution in [1.29, 1.82) is 0 Å². The first kappa shape index (κ1) is 34.3. The first-order chi connectivity index (χ1) is 15.9. The Morgan fingerprint density at radius 1 is 0.595 bits per heavy atom. The molecule has 0 N–H and O–H groups in total. The van der Waals surface area contributed by atoms with Gasteiger partial charge in [0.15, 0.2) is 0 Å². The minimum Gasteiger partial charge on any atom is -0.147 e. The fourth-order valence-electron chi connectivity index (χ4n) is 5.39. The van der Waals surface area contributed by atoms with E-state index in [1.807, 2.05) is 0 Å². The largest absolute Gasteiger partial charge is 0.147 e. The second kappa shape index (κ2) is 15.8. The third-order valence-electron chi connectivity index (χ3n) is 6.81. The quantitative estimate of drug-likeness (QED) is 0.170. The molecule has 0 aliphatic heterocycles. The summed E-state index contributed by atoms with van der Waals surface area (Å²) in [5, 5.41) is 0. The van der Waals surface area contributed by atoms with Gasteiger partial charge in [-0.05, 0) is 0 Å². The molecular formula is C31H29Cl4Zr2. The van der Waals surface area contributed by atoms with Crippen LogP contribution in [0.25, 0.3) is 11.1 Å². The fourth-order valence-corrected chi connectivity index (χ4v) is 14.0. The molecule has 189 valence electrons. The van der Waals surface area contributed by atoms with E-state index in [1.165, 1.54) is 27.8 Å². The molecule has 2 aliphatic carbocycles. The number of benzene rings is 4. The summed E-state index contributed by atoms with van der Waals surface area (Å²) in [6.45, 7) is 0. The van der Waals surface area contributed by atoms with Crippen LogP contribution in [0.4, 0.5) is 0 Å². The van der Waals surface area contributed by atoms with Crippen molar-refractivity contribution >= 4 is 52.9 Å². The van der Waals surface area contributed by atoms with E-state index in [9.17, 15) is 0 Å². The van der Waals surface area contributed by atoms with Gasteiger partial charge in [-0.3, -0.25) is 0 Å². The normalized spacial score (nSPS) is 11.9. The van der Waals surface area contributed by atoms with E-state index in [-0.39, 0.29) is 75.8 Å². The summed E-state index contributed by atoms with van der Waals surface area (Å²) in [6, 6.07) is 38.6. The van der Waals surface area contributed by atoms with Crippen LogP contribution in [0.15, 0.2) is 125 Å². The molecule has 0 atom stereocenters. The monoisotopic (exact) mass is 721 g/mol. The van der Waals surface area contributed by atoms with Crippen LogP contribution in [-0.2, 0) is 54.4 Å². The number of fused-ring (bicyclic) bond motifs is 3. The Kier molecular flexibility index (Phi) is 14.6. The molecule has 0 spiro atoms. The molecule has 0 bridgehead atoms. The van der Waals surface area contributed by atoms with Gasteiger partial charge in [-0.15, -0.1) is 49.6 Å². The summed E-state index contributed by atoms with van der Waals surface area (Å²) in [7, 11) is 0. The van der Waals surface area contributed by atoms with E-state index in [1.54, 1.807) is 12.1 Å². The van der Waals surface area contributed by atoms with Crippen LogP contribution in [0.3, 0.4) is 0 Å². The van der Waals surface area contributed by atoms with Gasteiger partial charge in [0.25, 0.3) is 0 Å². The van der Waals surface area contributed by atoms with Crippen LogP contribution in [0.2, 0.25) is 0 Å². The van der Waals surface area contributed by atoms with Crippen molar-refractivity contribution in [1.82, 2.24) is 0 Å². The van der Waals surface area contributed by atoms with E-state index < -0.39 is 21.8 Å². The minimum atomic E-state index is -2.38. The molecule has 0 unspecified atom stereocenters. The molecule has 0 saturated heterocycles. The van der Waals surface area contributed by atoms with E-state index >= 15 is 0 Å². The van der Waals surface area contributed by atoms with Gasteiger partial charge in [-0.2, -0.15) is 0 Å². The van der Waals surface area contributed by atoms with Crippen molar-refractivity contribution in [2.24, 2.45) is 0 Å². The maximum absolute atomic E-state index is 2.47. The molecule has 0 heterocycles. The molecule has 2 aliphatic rings. The van der Waals surface area contributed by atoms with Crippen LogP contribution >= 0.6 is 49.6 Å². The van der Waals surface area contributed by atoms with Crippen LogP contribution in [0, 0.1) is 0 Å². The van der Waals surface area contributed by atoms with Crippen LogP contribution < -0.4 is 3.27 Å². The Hall–Kier alpha value is -0.714. The van der Waals surface area contributed by atoms with Gasteiger partial charge in [-0.25, -0.2) is 0 Å². The standard InChI is InChI=1S/C13H9.C13H11.C5H5.4ClH.2Zr/c1-3-7-12-10(5-1)9-11-6-2-4-8-13(11)12;1-3-7-12(8-4-1)11-13-9-5-2-6-10-13;1-2-4-5-3-1;;;;;;/h1-5,7-8H,9H2;1-11H;1-3H,4H2;4*1H;;. The summed E-state index contributed by atoms with van der Waals surface area (Å²) in [5.74, 6) is 0. The summed E-state index contributed by atoms with van der Waals surface area (Å²) < 4.78 is 3.85. The number of hydrogen-bond acceptors (Lipinski definition) is 0. The van der Waals surface area contributed by atoms with Gasteiger partial charge in [-0.1, -0.05) is 0 Å². The van der Waals surface area contributed by atoms with E-state index in [0.29, 0.717) is 3.63 Å². The van der Waals surface area contributed by atoms with Gasteiger partial charge in [0.05, 0.1) is 0 Å². The average Bonchev–Trinajstić information content (AvgIpc) is 3.52. The number of halogens is 4. The predicted molar refractivity (Wildman–Crippen MR) is 160 cm³/mol. The van der Waals surface area contributed by atoms with Gasteiger partial charge >= 0.3 is 200 Å². The number of allylic oxidation sites excluding steroid dienone is 4. The average molecular weight is 726 g/mol. The van der Waals surface area contributed by atoms with Crippen molar-refractivity contribution in [3.63, 3.8) is 0 Å². The Labute approximate surface area is 272 Å². The summed E-state index contributed by atoms with van der Waals surface area (Å²) >= 11 is -2.38. The van der Waals surface area contributed by atoms with Gasteiger partial charge in [0, 0.05) is 26.2 Å². The van der Waals surface area contributed by atoms with Crippen molar-refractivity contribution in [3.8, 4) is 11.1 Å². The van der Waals surface area contributed by atoms with Crippen LogP contribution in [-0.4, -0.2) is 0 Å². The Balaban J connectivity index is 0.00000137. The zero-order chi connectivity index (χ0) is 21.3. The molecule has 6 heteroatoms. The molecular weight excluding hydrogens is 697 g/mol. The van der Waals surface area contributed by atoms with Gasteiger partial charge in [0.2, 0.25) is 0 Å². The van der Waals surface area contributed by atoms with Crippen LogP contribution in [0.5, 0.6) is 0 Å². The van der Waals surface area contributed by atoms with Gasteiger partial charge in [0.1, 0.15) is 0 Å². The van der Waals surface area contributed by atoms with Crippen molar-refractivity contribution in [2.75, 3.05) is 0 Å². The first-order valence-electron chi connectivity index (χ1n) is 11.4. The second-order valence-electron chi connectivity index (χ2n) is 8.66. The smallest absolute Gasteiger partial charge is 0 e. The van der Waals surface area contributed by atoms with Crippen LogP contribution in [0.1, 0.15) is 32.3 Å². The predicted octanol–water partition coefficient (Wildman–Crippen LogP) is 8.82. The molecule has 6 rings (SSSR count). The topological polar surface area (TPSA) is 0 Å². The summed E-state index contributed by atoms with van der Waals surface area (Å²) in [6.07, 6.45) is 9.25. The Morgan fingerprint density at radius 2 is 1.16 bits per heavy atom. The number of hydrogen-bond donors (Lipinski definition) is 0. The van der Waals surface area contributed by atoms with Gasteiger partial charge < -0.3 is 0 Å². The molecule has 0 radical (unpaired) electrons. The molecule has 0 fully saturated rings.